The fraction of sp³-hybridized carbons (Fsp3) is 0.400. The molecule has 28 heavy (non-hydrogen) atoms. The van der Waals surface area contributed by atoms with Crippen molar-refractivity contribution in [2.45, 2.75) is 39.3 Å². The van der Waals surface area contributed by atoms with Crippen molar-refractivity contribution in [1.82, 2.24) is 25.2 Å². The average molecular weight is 398 g/mol. The minimum atomic E-state index is -0.212. The van der Waals surface area contributed by atoms with Gasteiger partial charge in [-0.2, -0.15) is 0 Å². The SMILES string of the molecule is CCc1oc(C(=O)NCc2csc(-c3cnccn3)n2)cc1CN1CCCC1. The van der Waals surface area contributed by atoms with Crippen molar-refractivity contribution in [1.29, 1.82) is 0 Å². The van der Waals surface area contributed by atoms with Gasteiger partial charge in [-0.25, -0.2) is 4.98 Å². The van der Waals surface area contributed by atoms with E-state index in [0.717, 1.165) is 53.8 Å². The first-order valence-corrected chi connectivity index (χ1v) is 10.4. The lowest BCUT2D eigenvalue weighted by Gasteiger charge is -2.13. The summed E-state index contributed by atoms with van der Waals surface area (Å²) >= 11 is 1.48. The molecule has 0 atom stereocenters. The van der Waals surface area contributed by atoms with Gasteiger partial charge < -0.3 is 9.73 Å². The molecule has 8 heteroatoms. The summed E-state index contributed by atoms with van der Waals surface area (Å²) in [6.45, 7) is 5.49. The minimum absolute atomic E-state index is 0.212. The Morgan fingerprint density at radius 3 is 2.93 bits per heavy atom. The van der Waals surface area contributed by atoms with Gasteiger partial charge >= 0.3 is 0 Å². The summed E-state index contributed by atoms with van der Waals surface area (Å²) in [6, 6.07) is 1.89. The van der Waals surface area contributed by atoms with E-state index in [1.165, 1.54) is 24.2 Å². The highest BCUT2D eigenvalue weighted by molar-refractivity contribution is 7.13. The molecule has 0 bridgehead atoms. The van der Waals surface area contributed by atoms with Gasteiger partial charge in [-0.05, 0) is 32.0 Å². The quantitative estimate of drug-likeness (QED) is 0.659. The standard InChI is InChI=1S/C20H23N5O2S/c1-2-17-14(12-25-7-3-4-8-25)9-18(27-17)19(26)23-10-15-13-28-20(24-15)16-11-21-5-6-22-16/h5-6,9,11,13H,2-4,7-8,10,12H2,1H3,(H,23,26). The maximum absolute atomic E-state index is 12.5. The zero-order valence-corrected chi connectivity index (χ0v) is 16.7. The molecular weight excluding hydrogens is 374 g/mol. The predicted octanol–water partition coefficient (Wildman–Crippen LogP) is 3.28. The molecule has 3 aromatic rings. The van der Waals surface area contributed by atoms with Crippen LogP contribution in [0.4, 0.5) is 0 Å². The van der Waals surface area contributed by atoms with Crippen molar-refractivity contribution in [2.24, 2.45) is 0 Å². The fourth-order valence-electron chi connectivity index (χ4n) is 3.37. The van der Waals surface area contributed by atoms with E-state index in [1.54, 1.807) is 18.6 Å². The summed E-state index contributed by atoms with van der Waals surface area (Å²) in [5.41, 5.74) is 2.64. The van der Waals surface area contributed by atoms with Crippen LogP contribution >= 0.6 is 11.3 Å². The molecule has 0 spiro atoms. The van der Waals surface area contributed by atoms with Gasteiger partial charge in [0.15, 0.2) is 5.76 Å². The number of nitrogens with one attached hydrogen (secondary N) is 1. The number of furan rings is 1. The van der Waals surface area contributed by atoms with E-state index in [0.29, 0.717) is 12.3 Å². The molecule has 4 rings (SSSR count). The molecule has 1 N–H and O–H groups in total. The molecule has 3 aromatic heterocycles. The molecule has 0 aromatic carbocycles. The number of nitrogens with zero attached hydrogens (tertiary/aromatic N) is 4. The van der Waals surface area contributed by atoms with E-state index < -0.39 is 0 Å². The Kier molecular flexibility index (Phi) is 5.78. The molecule has 146 valence electrons. The Labute approximate surface area is 167 Å². The Balaban J connectivity index is 1.38. The summed E-state index contributed by atoms with van der Waals surface area (Å²) in [7, 11) is 0. The molecule has 1 amide bonds. The number of aromatic nitrogens is 3. The number of rotatable bonds is 7. The summed E-state index contributed by atoms with van der Waals surface area (Å²) in [5.74, 6) is 1.06. The second kappa shape index (κ2) is 8.62. The van der Waals surface area contributed by atoms with Gasteiger partial charge in [-0.1, -0.05) is 6.92 Å². The van der Waals surface area contributed by atoms with Crippen molar-refractivity contribution in [3.63, 3.8) is 0 Å². The first-order valence-electron chi connectivity index (χ1n) is 9.56. The summed E-state index contributed by atoms with van der Waals surface area (Å²) in [4.78, 5) is 27.8. The van der Waals surface area contributed by atoms with Crippen LogP contribution in [0.3, 0.4) is 0 Å². The van der Waals surface area contributed by atoms with E-state index in [1.807, 2.05) is 11.4 Å². The first-order chi connectivity index (χ1) is 13.7. The Morgan fingerprint density at radius 2 is 2.18 bits per heavy atom. The van der Waals surface area contributed by atoms with E-state index in [4.69, 9.17) is 4.42 Å². The van der Waals surface area contributed by atoms with Crippen LogP contribution in [0, 0.1) is 0 Å². The van der Waals surface area contributed by atoms with Gasteiger partial charge in [0.25, 0.3) is 5.91 Å². The maximum atomic E-state index is 12.5. The van der Waals surface area contributed by atoms with Crippen LogP contribution in [-0.4, -0.2) is 38.8 Å². The molecule has 0 saturated carbocycles. The van der Waals surface area contributed by atoms with Gasteiger partial charge in [-0.15, -0.1) is 11.3 Å². The van der Waals surface area contributed by atoms with Crippen LogP contribution in [-0.2, 0) is 19.5 Å². The molecule has 0 radical (unpaired) electrons. The van der Waals surface area contributed by atoms with Crippen molar-refractivity contribution < 1.29 is 9.21 Å². The lowest BCUT2D eigenvalue weighted by Crippen LogP contribution is -2.22. The van der Waals surface area contributed by atoms with Crippen LogP contribution in [0.25, 0.3) is 10.7 Å². The monoisotopic (exact) mass is 397 g/mol. The summed E-state index contributed by atoms with van der Waals surface area (Å²) in [6.07, 6.45) is 8.22. The molecule has 0 unspecified atom stereocenters. The molecule has 0 aliphatic carbocycles. The van der Waals surface area contributed by atoms with Crippen LogP contribution in [0.15, 0.2) is 34.5 Å². The van der Waals surface area contributed by atoms with Gasteiger partial charge in [0.2, 0.25) is 0 Å². The van der Waals surface area contributed by atoms with E-state index >= 15 is 0 Å². The highest BCUT2D eigenvalue weighted by Crippen LogP contribution is 2.22. The Bertz CT molecular complexity index is 931. The normalized spacial score (nSPS) is 14.5. The summed E-state index contributed by atoms with van der Waals surface area (Å²) in [5, 5.41) is 5.61. The lowest BCUT2D eigenvalue weighted by molar-refractivity contribution is 0.0921. The lowest BCUT2D eigenvalue weighted by atomic mass is 10.2. The maximum Gasteiger partial charge on any atom is 0.287 e. The number of hydrogen-bond donors (Lipinski definition) is 1. The van der Waals surface area contributed by atoms with Gasteiger partial charge in [0, 0.05) is 36.3 Å². The number of amides is 1. The van der Waals surface area contributed by atoms with Crippen molar-refractivity contribution >= 4 is 17.2 Å². The number of aryl methyl sites for hydroxylation is 1. The third-order valence-electron chi connectivity index (χ3n) is 4.80. The Morgan fingerprint density at radius 1 is 1.32 bits per heavy atom. The number of likely N-dealkylation sites (tertiary alicyclic amines) is 1. The zero-order valence-electron chi connectivity index (χ0n) is 15.9. The molecule has 1 saturated heterocycles. The number of carbonyl (C=O) groups excluding carboxylic acids is 1. The minimum Gasteiger partial charge on any atom is -0.456 e. The van der Waals surface area contributed by atoms with Gasteiger partial charge in [0.1, 0.15) is 16.5 Å². The van der Waals surface area contributed by atoms with Crippen LogP contribution < -0.4 is 5.32 Å². The Hall–Kier alpha value is -2.58. The van der Waals surface area contributed by atoms with Crippen molar-refractivity contribution in [2.75, 3.05) is 13.1 Å². The molecule has 1 fully saturated rings. The molecule has 4 heterocycles. The topological polar surface area (TPSA) is 84.2 Å². The second-order valence-corrected chi connectivity index (χ2v) is 7.67. The fourth-order valence-corrected chi connectivity index (χ4v) is 4.15. The van der Waals surface area contributed by atoms with Gasteiger partial charge in [0.05, 0.1) is 18.4 Å². The third kappa shape index (κ3) is 4.28. The molecule has 1 aliphatic rings. The van der Waals surface area contributed by atoms with E-state index in [-0.39, 0.29) is 5.91 Å². The van der Waals surface area contributed by atoms with Crippen LogP contribution in [0.5, 0.6) is 0 Å². The third-order valence-corrected chi connectivity index (χ3v) is 5.71. The van der Waals surface area contributed by atoms with Crippen molar-refractivity contribution in [3.8, 4) is 10.7 Å². The second-order valence-electron chi connectivity index (χ2n) is 6.81. The van der Waals surface area contributed by atoms with Crippen molar-refractivity contribution in [3.05, 3.63) is 52.8 Å². The number of thiazole rings is 1. The first kappa shape index (κ1) is 18.8. The largest absolute Gasteiger partial charge is 0.456 e. The van der Waals surface area contributed by atoms with E-state index in [9.17, 15) is 4.79 Å². The smallest absolute Gasteiger partial charge is 0.287 e. The highest BCUT2D eigenvalue weighted by atomic mass is 32.1. The van der Waals surface area contributed by atoms with Gasteiger partial charge in [-0.3, -0.25) is 19.7 Å². The number of hydrogen-bond acceptors (Lipinski definition) is 7. The van der Waals surface area contributed by atoms with Crippen LogP contribution in [0.2, 0.25) is 0 Å². The molecular formula is C20H23N5O2S. The van der Waals surface area contributed by atoms with Crippen LogP contribution in [0.1, 0.15) is 47.3 Å². The average Bonchev–Trinajstić information content (AvgIpc) is 3.48. The van der Waals surface area contributed by atoms with E-state index in [2.05, 4.69) is 32.1 Å². The zero-order chi connectivity index (χ0) is 19.3. The molecule has 7 nitrogen and oxygen atoms in total. The predicted molar refractivity (Wildman–Crippen MR) is 107 cm³/mol. The molecule has 1 aliphatic heterocycles. The number of carbonyl (C=O) groups is 1. The highest BCUT2D eigenvalue weighted by Gasteiger charge is 2.19. The summed E-state index contributed by atoms with van der Waals surface area (Å²) < 4.78 is 5.82.